The van der Waals surface area contributed by atoms with E-state index in [1.807, 2.05) is 0 Å². The molecule has 1 aromatic carbocycles. The Morgan fingerprint density at radius 1 is 1.31 bits per heavy atom. The van der Waals surface area contributed by atoms with Crippen LogP contribution in [0.2, 0.25) is 0 Å². The van der Waals surface area contributed by atoms with Crippen molar-refractivity contribution in [3.63, 3.8) is 0 Å². The second kappa shape index (κ2) is 5.17. The molecule has 0 unspecified atom stereocenters. The van der Waals surface area contributed by atoms with E-state index in [2.05, 4.69) is 0 Å². The van der Waals surface area contributed by atoms with Crippen molar-refractivity contribution in [2.24, 2.45) is 5.73 Å². The lowest BCUT2D eigenvalue weighted by Crippen LogP contribution is -2.22. The first kappa shape index (κ1) is 12.4. The van der Waals surface area contributed by atoms with Crippen LogP contribution in [0.25, 0.3) is 0 Å². The fourth-order valence-corrected chi connectivity index (χ4v) is 0.964. The summed E-state index contributed by atoms with van der Waals surface area (Å²) >= 11 is 0. The Labute approximate surface area is 83.0 Å². The van der Waals surface area contributed by atoms with Crippen LogP contribution in [-0.2, 0) is 0 Å². The third-order valence-corrected chi connectivity index (χ3v) is 1.77. The molecule has 0 heterocycles. The fraction of sp³-hybridized carbons (Fsp3) is 0.333. The van der Waals surface area contributed by atoms with Gasteiger partial charge in [-0.3, -0.25) is 0 Å². The monoisotopic (exact) mass is 205 g/mol. The van der Waals surface area contributed by atoms with Gasteiger partial charge in [-0.15, -0.1) is 12.4 Å². The van der Waals surface area contributed by atoms with Gasteiger partial charge in [-0.2, -0.15) is 0 Å². The lowest BCUT2D eigenvalue weighted by atomic mass is 10.0. The highest BCUT2D eigenvalue weighted by molar-refractivity contribution is 5.85. The molecular weight excluding hydrogens is 193 g/mol. The number of aliphatic hydroxyl groups excluding tert-OH is 1. The molecule has 3 N–H and O–H groups in total. The second-order valence-electron chi connectivity index (χ2n) is 2.82. The van der Waals surface area contributed by atoms with Crippen molar-refractivity contribution in [2.45, 2.75) is 19.1 Å². The highest BCUT2D eigenvalue weighted by atomic mass is 35.5. The van der Waals surface area contributed by atoms with E-state index >= 15 is 0 Å². The Balaban J connectivity index is 0.00000144. The maximum atomic E-state index is 12.4. The molecule has 0 aromatic heterocycles. The van der Waals surface area contributed by atoms with Crippen LogP contribution in [0.3, 0.4) is 0 Å². The topological polar surface area (TPSA) is 46.2 Å². The molecule has 2 atom stereocenters. The minimum absolute atomic E-state index is 0. The average Bonchev–Trinajstić information content (AvgIpc) is 2.04. The van der Waals surface area contributed by atoms with Crippen LogP contribution in [0, 0.1) is 5.82 Å². The highest BCUT2D eigenvalue weighted by Crippen LogP contribution is 2.13. The summed E-state index contributed by atoms with van der Waals surface area (Å²) in [5, 5.41) is 9.12. The Morgan fingerprint density at radius 3 is 2.15 bits per heavy atom. The number of rotatable bonds is 2. The summed E-state index contributed by atoms with van der Waals surface area (Å²) in [6, 6.07) is 5.37. The predicted octanol–water partition coefficient (Wildman–Crippen LogP) is 1.63. The third-order valence-electron chi connectivity index (χ3n) is 1.77. The van der Waals surface area contributed by atoms with Crippen LogP contribution in [0.1, 0.15) is 18.5 Å². The van der Waals surface area contributed by atoms with Gasteiger partial charge in [0.05, 0.1) is 12.1 Å². The Bertz CT molecular complexity index is 250. The second-order valence-corrected chi connectivity index (χ2v) is 2.82. The highest BCUT2D eigenvalue weighted by Gasteiger charge is 2.10. The number of benzene rings is 1. The van der Waals surface area contributed by atoms with E-state index in [9.17, 15) is 4.39 Å². The number of halogens is 2. The zero-order valence-electron chi connectivity index (χ0n) is 7.27. The van der Waals surface area contributed by atoms with Gasteiger partial charge in [0, 0.05) is 0 Å². The molecule has 4 heteroatoms. The number of hydrogen-bond donors (Lipinski definition) is 2. The Morgan fingerprint density at radius 2 is 1.77 bits per heavy atom. The van der Waals surface area contributed by atoms with E-state index in [0.717, 1.165) is 5.56 Å². The number of hydrogen-bond acceptors (Lipinski definition) is 2. The van der Waals surface area contributed by atoms with Crippen LogP contribution < -0.4 is 5.73 Å². The lowest BCUT2D eigenvalue weighted by Gasteiger charge is -2.14. The van der Waals surface area contributed by atoms with E-state index in [1.165, 1.54) is 12.1 Å². The summed E-state index contributed by atoms with van der Waals surface area (Å²) in [5.41, 5.74) is 6.36. The zero-order chi connectivity index (χ0) is 9.14. The van der Waals surface area contributed by atoms with Gasteiger partial charge < -0.3 is 10.8 Å². The third kappa shape index (κ3) is 3.30. The summed E-state index contributed by atoms with van der Waals surface area (Å²) in [4.78, 5) is 0. The Hall–Kier alpha value is -0.640. The molecule has 0 aliphatic carbocycles. The van der Waals surface area contributed by atoms with Crippen LogP contribution in [0.4, 0.5) is 4.39 Å². The van der Waals surface area contributed by atoms with Crippen molar-refractivity contribution >= 4 is 12.4 Å². The first-order valence-electron chi connectivity index (χ1n) is 3.80. The van der Waals surface area contributed by atoms with Crippen LogP contribution in [-0.4, -0.2) is 11.2 Å². The van der Waals surface area contributed by atoms with E-state index in [-0.39, 0.29) is 18.2 Å². The lowest BCUT2D eigenvalue weighted by molar-refractivity contribution is 0.164. The van der Waals surface area contributed by atoms with E-state index in [1.54, 1.807) is 19.1 Å². The van der Waals surface area contributed by atoms with Crippen molar-refractivity contribution in [1.82, 2.24) is 0 Å². The van der Waals surface area contributed by atoms with Gasteiger partial charge in [0.15, 0.2) is 0 Å². The maximum Gasteiger partial charge on any atom is 0.123 e. The van der Waals surface area contributed by atoms with Crippen LogP contribution in [0.15, 0.2) is 24.3 Å². The first-order valence-corrected chi connectivity index (χ1v) is 3.80. The molecule has 0 amide bonds. The normalized spacial score (nSPS) is 14.5. The minimum Gasteiger partial charge on any atom is -0.391 e. The molecule has 1 rings (SSSR count). The molecule has 0 aliphatic rings. The van der Waals surface area contributed by atoms with Gasteiger partial charge in [0.2, 0.25) is 0 Å². The van der Waals surface area contributed by atoms with E-state index in [4.69, 9.17) is 10.8 Å². The molecule has 0 fully saturated rings. The molecule has 0 aliphatic heterocycles. The van der Waals surface area contributed by atoms with Gasteiger partial charge in [-0.05, 0) is 24.6 Å². The van der Waals surface area contributed by atoms with Gasteiger partial charge in [0.25, 0.3) is 0 Å². The molecule has 1 aromatic rings. The molecule has 13 heavy (non-hydrogen) atoms. The van der Waals surface area contributed by atoms with Crippen molar-refractivity contribution in [1.29, 1.82) is 0 Å². The van der Waals surface area contributed by atoms with Gasteiger partial charge >= 0.3 is 0 Å². The SMILES string of the molecule is C[C@H](O)[C@@H](N)c1ccc(F)cc1.Cl. The average molecular weight is 206 g/mol. The summed E-state index contributed by atoms with van der Waals surface area (Å²) in [6.45, 7) is 1.61. The smallest absolute Gasteiger partial charge is 0.123 e. The fourth-order valence-electron chi connectivity index (χ4n) is 0.964. The van der Waals surface area contributed by atoms with Crippen molar-refractivity contribution in [2.75, 3.05) is 0 Å². The van der Waals surface area contributed by atoms with Crippen LogP contribution >= 0.6 is 12.4 Å². The standard InChI is InChI=1S/C9H12FNO.ClH/c1-6(12)9(11)7-2-4-8(10)5-3-7;/h2-6,9,12H,11H2,1H3;1H/t6-,9+;/m0./s1. The van der Waals surface area contributed by atoms with Crippen molar-refractivity contribution in [3.8, 4) is 0 Å². The molecule has 0 radical (unpaired) electrons. The van der Waals surface area contributed by atoms with Crippen molar-refractivity contribution in [3.05, 3.63) is 35.6 Å². The number of nitrogens with two attached hydrogens (primary N) is 1. The molecule has 74 valence electrons. The molecule has 0 bridgehead atoms. The number of aliphatic hydroxyl groups is 1. The summed E-state index contributed by atoms with van der Waals surface area (Å²) in [7, 11) is 0. The predicted molar refractivity (Wildman–Crippen MR) is 52.3 cm³/mol. The molecule has 0 saturated carbocycles. The molecule has 0 saturated heterocycles. The maximum absolute atomic E-state index is 12.4. The van der Waals surface area contributed by atoms with Gasteiger partial charge in [-0.25, -0.2) is 4.39 Å². The van der Waals surface area contributed by atoms with Crippen molar-refractivity contribution < 1.29 is 9.50 Å². The molecule has 0 spiro atoms. The summed E-state index contributed by atoms with van der Waals surface area (Å²) in [5.74, 6) is -0.295. The zero-order valence-corrected chi connectivity index (χ0v) is 8.09. The quantitative estimate of drug-likeness (QED) is 0.771. The Kier molecular flexibility index (Phi) is 4.91. The van der Waals surface area contributed by atoms with E-state index < -0.39 is 12.1 Å². The minimum atomic E-state index is -0.615. The van der Waals surface area contributed by atoms with Gasteiger partial charge in [0.1, 0.15) is 5.82 Å². The largest absolute Gasteiger partial charge is 0.391 e. The summed E-state index contributed by atoms with van der Waals surface area (Å²) < 4.78 is 12.4. The molecular formula is C9H13ClFNO. The summed E-state index contributed by atoms with van der Waals surface area (Å²) in [6.07, 6.45) is -0.615. The molecule has 2 nitrogen and oxygen atoms in total. The van der Waals surface area contributed by atoms with Gasteiger partial charge in [-0.1, -0.05) is 12.1 Å². The van der Waals surface area contributed by atoms with E-state index in [0.29, 0.717) is 0 Å². The first-order chi connectivity index (χ1) is 5.61. The van der Waals surface area contributed by atoms with Crippen LogP contribution in [0.5, 0.6) is 0 Å².